The minimum Gasteiger partial charge on any atom is -0.406 e. The fourth-order valence-corrected chi connectivity index (χ4v) is 18.9. The first-order valence-electron chi connectivity index (χ1n) is 40.9. The molecule has 15 aromatic rings. The van der Waals surface area contributed by atoms with Crippen LogP contribution in [0.4, 0.5) is 39.5 Å². The van der Waals surface area contributed by atoms with Crippen LogP contribution in [0.15, 0.2) is 170 Å². The van der Waals surface area contributed by atoms with Gasteiger partial charge in [0.05, 0.1) is 49.8 Å². The number of rotatable bonds is 6. The van der Waals surface area contributed by atoms with Crippen LogP contribution in [0.1, 0.15) is 123 Å². The second-order valence-corrected chi connectivity index (χ2v) is 34.6. The van der Waals surface area contributed by atoms with E-state index in [1.807, 2.05) is 93.9 Å². The Bertz CT molecular complexity index is 7210. The molecule has 0 fully saturated rings. The zero-order valence-corrected chi connectivity index (χ0v) is 73.3. The molecule has 0 aliphatic carbocycles. The molecule has 0 atom stereocenters. The minimum absolute atomic E-state index is 0.0627. The summed E-state index contributed by atoms with van der Waals surface area (Å²) in [6.45, 7) is 23.5. The Kier molecular flexibility index (Phi) is 23.7. The van der Waals surface area contributed by atoms with Gasteiger partial charge in [0.2, 0.25) is 0 Å². The molecular weight excluding hydrogens is 1740 g/mol. The van der Waals surface area contributed by atoms with E-state index in [1.54, 1.807) is 73.7 Å². The largest absolute Gasteiger partial charge is 0.573 e. The van der Waals surface area contributed by atoms with Gasteiger partial charge in [0.15, 0.2) is 0 Å². The Labute approximate surface area is 747 Å². The summed E-state index contributed by atoms with van der Waals surface area (Å²) in [6, 6.07) is 48.7. The number of aromatic nitrogens is 5. The van der Waals surface area contributed by atoms with Crippen molar-refractivity contribution in [2.24, 2.45) is 0 Å². The third-order valence-electron chi connectivity index (χ3n) is 23.9. The van der Waals surface area contributed by atoms with Crippen molar-refractivity contribution in [1.29, 1.82) is 5.26 Å². The number of nitrogens with zero attached hydrogens (tertiary/aromatic N) is 6. The predicted octanol–water partition coefficient (Wildman–Crippen LogP) is 23.2. The fourth-order valence-electron chi connectivity index (χ4n) is 18.1. The summed E-state index contributed by atoms with van der Waals surface area (Å²) in [6.07, 6.45) is -9.31. The maximum Gasteiger partial charge on any atom is 0.573 e. The van der Waals surface area contributed by atoms with Gasteiger partial charge in [0.1, 0.15) is 51.7 Å². The van der Waals surface area contributed by atoms with Crippen LogP contribution in [0.5, 0.6) is 5.75 Å². The average molecular weight is 1820 g/mol. The molecule has 0 unspecified atom stereocenters. The number of benzene rings is 10. The highest BCUT2D eigenvalue weighted by molar-refractivity contribution is 6.34. The molecule has 20 rings (SSSR count). The third-order valence-corrected chi connectivity index (χ3v) is 24.8. The number of aryl methyl sites for hydroxylation is 6. The van der Waals surface area contributed by atoms with Crippen LogP contribution >= 0.6 is 46.4 Å². The molecule has 0 radical (unpaired) electrons. The summed E-state index contributed by atoms with van der Waals surface area (Å²) in [5.74, 6) is -1.79. The lowest BCUT2D eigenvalue weighted by Gasteiger charge is -2.20. The number of ether oxygens (including phenoxy) is 1. The van der Waals surface area contributed by atoms with E-state index in [1.165, 1.54) is 54.1 Å². The summed E-state index contributed by atoms with van der Waals surface area (Å²) < 4.78 is 133. The number of fused-ring (bicyclic) bond motifs is 15. The van der Waals surface area contributed by atoms with Gasteiger partial charge in [0, 0.05) is 135 Å². The van der Waals surface area contributed by atoms with Gasteiger partial charge in [-0.3, -0.25) is 24.0 Å². The van der Waals surface area contributed by atoms with Crippen molar-refractivity contribution in [3.05, 3.63) is 286 Å². The lowest BCUT2D eigenvalue weighted by Crippen LogP contribution is -2.35. The molecule has 0 saturated carbocycles. The van der Waals surface area contributed by atoms with Gasteiger partial charge in [-0.1, -0.05) is 128 Å². The molecule has 5 N–H and O–H groups in total. The van der Waals surface area contributed by atoms with Gasteiger partial charge in [0.25, 0.3) is 29.5 Å². The normalized spacial score (nSPS) is 14.1. The first kappa shape index (κ1) is 88.5. The second-order valence-electron chi connectivity index (χ2n) is 32.9. The molecule has 128 heavy (non-hydrogen) atoms. The molecular formula is C98H80Cl4F9N11O6. The number of hydrogen-bond acceptors (Lipinski definition) is 7. The quantitative estimate of drug-likeness (QED) is 0.102. The molecule has 5 aromatic heterocycles. The maximum atomic E-state index is 14.4. The van der Waals surface area contributed by atoms with Crippen molar-refractivity contribution in [1.82, 2.24) is 49.4 Å². The van der Waals surface area contributed by atoms with Gasteiger partial charge in [-0.25, -0.2) is 13.2 Å². The van der Waals surface area contributed by atoms with Gasteiger partial charge >= 0.3 is 12.5 Å². The van der Waals surface area contributed by atoms with Crippen molar-refractivity contribution >= 4 is 130 Å². The number of carbonyl (C=O) groups is 5. The molecule has 0 saturated heterocycles. The molecule has 10 aromatic carbocycles. The van der Waals surface area contributed by atoms with Crippen molar-refractivity contribution in [2.75, 3.05) is 32.7 Å². The van der Waals surface area contributed by atoms with Crippen LogP contribution < -0.4 is 31.3 Å². The Morgan fingerprint density at radius 3 is 1.05 bits per heavy atom. The van der Waals surface area contributed by atoms with Gasteiger partial charge < -0.3 is 54.2 Å². The summed E-state index contributed by atoms with van der Waals surface area (Å²) >= 11 is 24.6. The lowest BCUT2D eigenvalue weighted by molar-refractivity contribution is -0.274. The molecule has 0 spiro atoms. The van der Waals surface area contributed by atoms with E-state index in [0.29, 0.717) is 148 Å². The molecule has 654 valence electrons. The SMILES string of the molecule is Cc1c2n(c3c(-c4ccc(C(C)(C)C)cc4)cc(F)cc13)CCNC2=O.Cc1c2n(c3c(-c4ccc(Cl)c(C(F)(F)F)c4)cc(Cl)cc13)CCNC2=O.Cc1c2n(c3c(-c4ccc(OC(F)(F)F)cc4)cc(Cl)cc13)CCNC2=O.Cc1c2n(c3c(-c4cccc(C#N)c4)cc(F)cc13)CCNC2=O.Cc1cc(-c2cc(Cl)cc3c(C)c4n(c23)CCNC4=O)ccc1F. The Morgan fingerprint density at radius 2 is 0.695 bits per heavy atom. The van der Waals surface area contributed by atoms with E-state index in [-0.39, 0.29) is 63.2 Å². The van der Waals surface area contributed by atoms with Gasteiger partial charge in [-0.05, 0) is 223 Å². The summed E-state index contributed by atoms with van der Waals surface area (Å²) in [5.41, 5.74) is 20.3. The molecule has 30 heteroatoms. The third kappa shape index (κ3) is 16.6. The average Bonchev–Trinajstić information content (AvgIpc) is 1.59. The summed E-state index contributed by atoms with van der Waals surface area (Å²) in [4.78, 5) is 61.5. The topological polar surface area (TPSA) is 203 Å². The first-order chi connectivity index (χ1) is 60.8. The summed E-state index contributed by atoms with van der Waals surface area (Å²) in [5, 5.41) is 28.6. The Balaban J connectivity index is 0.000000118. The van der Waals surface area contributed by atoms with Crippen LogP contribution in [0.25, 0.3) is 110 Å². The standard InChI is InChI=1S/C22H23FN2O.C19H13Cl2F3N2O.C19H14ClF3N2O2.C19H16ClFN2O.C19H14FN3O/c1-13-17-11-16(23)12-18(14-5-7-15(8-6-14)22(2,3)4)20(17)25-10-9-24-21(26)19(13)25;1-9-12-7-11(20)8-13(17(12)26-5-4-25-18(27)16(9)26)10-2-3-15(21)14(6-10)19(22,23)24;1-10-14-8-12(20)9-15(17(14)25-7-6-24-18(26)16(10)25)11-2-4-13(5-3-11)27-19(21,22)23;1-10-7-12(3-4-16(10)21)15-9-13(20)8-14-11(2)17-19(24)22-5-6-23(17)18(14)15;1-11-15-8-14(20)9-16(13-4-2-3-12(7-13)10-21)18(15)23-6-5-22-19(24)17(11)23/h5-8,11-12H,9-10H2,1-4H3,(H,24,26);2-3,6-8H,4-5H2,1H3,(H,25,27);2-5,8-9H,6-7H2,1H3,(H,24,26);3-4,7-9H,5-6H2,1-2H3,(H,22,24);2-4,7-9H,5-6H2,1H3,(H,22,24). The van der Waals surface area contributed by atoms with Crippen molar-refractivity contribution in [3.8, 4) is 67.5 Å². The zero-order valence-electron chi connectivity index (χ0n) is 70.3. The van der Waals surface area contributed by atoms with Crippen LogP contribution in [0.2, 0.25) is 20.1 Å². The van der Waals surface area contributed by atoms with E-state index >= 15 is 0 Å². The number of amides is 5. The molecule has 0 bridgehead atoms. The van der Waals surface area contributed by atoms with Gasteiger partial charge in [-0.2, -0.15) is 18.4 Å². The van der Waals surface area contributed by atoms with E-state index in [2.05, 4.69) is 70.3 Å². The zero-order chi connectivity index (χ0) is 91.3. The molecule has 17 nitrogen and oxygen atoms in total. The number of alkyl halides is 6. The van der Waals surface area contributed by atoms with Crippen molar-refractivity contribution < 1.29 is 68.2 Å². The lowest BCUT2D eigenvalue weighted by atomic mass is 9.86. The molecule has 10 heterocycles. The van der Waals surface area contributed by atoms with Crippen LogP contribution in [0.3, 0.4) is 0 Å². The van der Waals surface area contributed by atoms with E-state index in [9.17, 15) is 63.5 Å². The first-order valence-corrected chi connectivity index (χ1v) is 42.4. The Morgan fingerprint density at radius 1 is 0.375 bits per heavy atom. The Hall–Kier alpha value is -12.9. The predicted molar refractivity (Wildman–Crippen MR) is 482 cm³/mol. The highest BCUT2D eigenvalue weighted by atomic mass is 35.5. The van der Waals surface area contributed by atoms with Crippen LogP contribution in [0, 0.1) is 70.3 Å². The second kappa shape index (κ2) is 34.3. The molecule has 5 aliphatic rings. The number of hydrogen-bond donors (Lipinski definition) is 5. The van der Waals surface area contributed by atoms with Crippen LogP contribution in [-0.2, 0) is 44.3 Å². The van der Waals surface area contributed by atoms with Crippen molar-refractivity contribution in [3.63, 3.8) is 0 Å². The van der Waals surface area contributed by atoms with E-state index in [0.717, 1.165) is 116 Å². The number of carbonyl (C=O) groups excluding carboxylic acids is 5. The molecule has 5 aliphatic heterocycles. The highest BCUT2D eigenvalue weighted by Gasteiger charge is 2.37. The fraction of sp³-hybridized carbons (Fsp3) is 0.224. The van der Waals surface area contributed by atoms with Gasteiger partial charge in [-0.15, -0.1) is 13.2 Å². The number of nitriles is 1. The minimum atomic E-state index is -4.74. The number of nitrogens with one attached hydrogen (secondary N) is 5. The van der Waals surface area contributed by atoms with E-state index < -0.39 is 18.1 Å². The van der Waals surface area contributed by atoms with E-state index in [4.69, 9.17) is 51.7 Å². The monoisotopic (exact) mass is 1820 g/mol. The van der Waals surface area contributed by atoms with Crippen LogP contribution in [-0.4, -0.2) is 91.5 Å². The number of halogens is 13. The summed E-state index contributed by atoms with van der Waals surface area (Å²) in [7, 11) is 0. The smallest absolute Gasteiger partial charge is 0.406 e. The molecule has 5 amide bonds. The maximum absolute atomic E-state index is 14.4. The van der Waals surface area contributed by atoms with Crippen molar-refractivity contribution in [2.45, 2.75) is 113 Å². The highest BCUT2D eigenvalue weighted by Crippen LogP contribution is 2.46.